The summed E-state index contributed by atoms with van der Waals surface area (Å²) < 4.78 is 44.0. The summed E-state index contributed by atoms with van der Waals surface area (Å²) in [4.78, 5) is 34.7. The molecule has 41 heavy (non-hydrogen) atoms. The molecule has 1 aromatic heterocycles. The fourth-order valence-corrected chi connectivity index (χ4v) is 5.57. The normalized spacial score (nSPS) is 17.7. The second-order valence-electron chi connectivity index (χ2n) is 12.0. The minimum atomic E-state index is -4.34. The van der Waals surface area contributed by atoms with Crippen LogP contribution in [0.3, 0.4) is 0 Å². The van der Waals surface area contributed by atoms with E-state index in [1.807, 2.05) is 37.8 Å². The number of amides is 2. The van der Waals surface area contributed by atoms with E-state index in [4.69, 9.17) is 4.74 Å². The molecule has 1 N–H and O–H groups in total. The van der Waals surface area contributed by atoms with E-state index in [1.165, 1.54) is 17.7 Å². The first kappa shape index (κ1) is 29.0. The van der Waals surface area contributed by atoms with Gasteiger partial charge in [0, 0.05) is 56.7 Å². The molecule has 0 saturated carbocycles. The molecule has 3 heterocycles. The number of H-pyrrole nitrogens is 1. The monoisotopic (exact) mass is 570 g/mol. The van der Waals surface area contributed by atoms with Crippen LogP contribution in [0.1, 0.15) is 66.7 Å². The number of hydrogen-bond donors (Lipinski definition) is 1. The van der Waals surface area contributed by atoms with Crippen molar-refractivity contribution < 1.29 is 27.5 Å². The zero-order chi connectivity index (χ0) is 29.4. The molecule has 0 spiro atoms. The number of likely N-dealkylation sites (tertiary alicyclic amines) is 1. The first-order valence-corrected chi connectivity index (χ1v) is 14.1. The summed E-state index contributed by atoms with van der Waals surface area (Å²) in [6.07, 6.45) is -2.89. The Labute approximate surface area is 238 Å². The summed E-state index contributed by atoms with van der Waals surface area (Å²) >= 11 is 0. The molecule has 3 aromatic rings. The third-order valence-electron chi connectivity index (χ3n) is 7.84. The predicted molar refractivity (Wildman–Crippen MR) is 151 cm³/mol. The molecule has 220 valence electrons. The standard InChI is InChI=1S/C31H37F3N4O3/c1-30(2,3)41-29(40)38-12-10-22(11-13-38)23-6-7-24-19-27(35-26(24)18-23)28(39)37-16-14-36(15-17-37)20-21-4-8-25(9-5-21)31(32,33)34/h4-9,18-19,22,35H,10-17,20H2,1-3H3. The summed E-state index contributed by atoms with van der Waals surface area (Å²) in [6, 6.07) is 13.4. The Kier molecular flexibility index (Phi) is 8.05. The Morgan fingerprint density at radius 3 is 2.15 bits per heavy atom. The van der Waals surface area contributed by atoms with Crippen LogP contribution in [0.2, 0.25) is 0 Å². The van der Waals surface area contributed by atoms with Gasteiger partial charge in [-0.2, -0.15) is 13.2 Å². The third-order valence-corrected chi connectivity index (χ3v) is 7.84. The summed E-state index contributed by atoms with van der Waals surface area (Å²) in [7, 11) is 0. The van der Waals surface area contributed by atoms with Crippen molar-refractivity contribution in [1.82, 2.24) is 19.7 Å². The number of benzene rings is 2. The highest BCUT2D eigenvalue weighted by molar-refractivity contribution is 5.98. The van der Waals surface area contributed by atoms with Crippen LogP contribution in [0.15, 0.2) is 48.5 Å². The molecule has 0 bridgehead atoms. The third kappa shape index (κ3) is 7.04. The van der Waals surface area contributed by atoms with Gasteiger partial charge in [0.05, 0.1) is 5.56 Å². The SMILES string of the molecule is CC(C)(C)OC(=O)N1CCC(c2ccc3cc(C(=O)N4CCN(Cc5ccc(C(F)(F)F)cc5)CC4)[nH]c3c2)CC1. The molecule has 2 aliphatic heterocycles. The van der Waals surface area contributed by atoms with Gasteiger partial charge in [0.25, 0.3) is 5.91 Å². The van der Waals surface area contributed by atoms with Crippen molar-refractivity contribution in [2.24, 2.45) is 0 Å². The van der Waals surface area contributed by atoms with Crippen LogP contribution in [-0.2, 0) is 17.5 Å². The van der Waals surface area contributed by atoms with Crippen LogP contribution in [0.25, 0.3) is 10.9 Å². The number of piperazine rings is 1. The molecular weight excluding hydrogens is 533 g/mol. The number of rotatable bonds is 4. The highest BCUT2D eigenvalue weighted by atomic mass is 19.4. The quantitative estimate of drug-likeness (QED) is 0.402. The van der Waals surface area contributed by atoms with Crippen LogP contribution in [0.5, 0.6) is 0 Å². The molecule has 2 fully saturated rings. The predicted octanol–water partition coefficient (Wildman–Crippen LogP) is 6.26. The number of nitrogens with zero attached hydrogens (tertiary/aromatic N) is 3. The Balaban J connectivity index is 1.15. The highest BCUT2D eigenvalue weighted by Crippen LogP contribution is 2.32. The molecule has 5 rings (SSSR count). The van der Waals surface area contributed by atoms with Gasteiger partial charge in [-0.25, -0.2) is 4.79 Å². The van der Waals surface area contributed by atoms with E-state index in [0.29, 0.717) is 57.4 Å². The molecule has 2 aromatic carbocycles. The van der Waals surface area contributed by atoms with Crippen molar-refractivity contribution in [1.29, 1.82) is 0 Å². The zero-order valence-electron chi connectivity index (χ0n) is 23.8. The van der Waals surface area contributed by atoms with E-state index in [9.17, 15) is 22.8 Å². The average Bonchev–Trinajstić information content (AvgIpc) is 3.36. The van der Waals surface area contributed by atoms with Crippen LogP contribution < -0.4 is 0 Å². The molecular formula is C31H37F3N4O3. The van der Waals surface area contributed by atoms with Crippen molar-refractivity contribution in [3.63, 3.8) is 0 Å². The number of nitrogens with one attached hydrogen (secondary N) is 1. The lowest BCUT2D eigenvalue weighted by molar-refractivity contribution is -0.137. The maximum atomic E-state index is 13.3. The molecule has 0 aliphatic carbocycles. The Morgan fingerprint density at radius 2 is 1.54 bits per heavy atom. The number of aromatic amines is 1. The lowest BCUT2D eigenvalue weighted by Gasteiger charge is -2.34. The van der Waals surface area contributed by atoms with E-state index in [-0.39, 0.29) is 12.0 Å². The van der Waals surface area contributed by atoms with Gasteiger partial charge < -0.3 is 19.5 Å². The van der Waals surface area contributed by atoms with E-state index >= 15 is 0 Å². The van der Waals surface area contributed by atoms with Gasteiger partial charge in [0.1, 0.15) is 11.3 Å². The van der Waals surface area contributed by atoms with Crippen molar-refractivity contribution in [2.75, 3.05) is 39.3 Å². The zero-order valence-corrected chi connectivity index (χ0v) is 23.8. The Hall–Kier alpha value is -3.53. The van der Waals surface area contributed by atoms with E-state index in [1.54, 1.807) is 4.90 Å². The lowest BCUT2D eigenvalue weighted by Crippen LogP contribution is -2.48. The van der Waals surface area contributed by atoms with E-state index in [0.717, 1.165) is 41.4 Å². The first-order chi connectivity index (χ1) is 19.4. The number of hydrogen-bond acceptors (Lipinski definition) is 4. The molecule has 2 saturated heterocycles. The van der Waals surface area contributed by atoms with Crippen LogP contribution in [0, 0.1) is 0 Å². The van der Waals surface area contributed by atoms with Gasteiger partial charge in [-0.15, -0.1) is 0 Å². The van der Waals surface area contributed by atoms with Gasteiger partial charge in [-0.05, 0) is 74.9 Å². The Bertz CT molecular complexity index is 1380. The van der Waals surface area contributed by atoms with E-state index < -0.39 is 17.3 Å². The molecule has 2 aliphatic rings. The second kappa shape index (κ2) is 11.4. The fraction of sp³-hybridized carbons (Fsp3) is 0.484. The van der Waals surface area contributed by atoms with Crippen LogP contribution in [0.4, 0.5) is 18.0 Å². The van der Waals surface area contributed by atoms with Crippen molar-refractivity contribution in [2.45, 2.75) is 57.9 Å². The van der Waals surface area contributed by atoms with Crippen molar-refractivity contribution >= 4 is 22.9 Å². The van der Waals surface area contributed by atoms with Gasteiger partial charge in [-0.1, -0.05) is 24.3 Å². The molecule has 0 radical (unpaired) electrons. The maximum absolute atomic E-state index is 13.3. The molecule has 7 nitrogen and oxygen atoms in total. The summed E-state index contributed by atoms with van der Waals surface area (Å²) in [6.45, 7) is 9.87. The van der Waals surface area contributed by atoms with Crippen molar-refractivity contribution in [3.05, 3.63) is 70.9 Å². The first-order valence-electron chi connectivity index (χ1n) is 14.1. The fourth-order valence-electron chi connectivity index (χ4n) is 5.57. The number of ether oxygens (including phenoxy) is 1. The number of piperidine rings is 1. The lowest BCUT2D eigenvalue weighted by atomic mass is 9.89. The molecule has 0 unspecified atom stereocenters. The number of carbonyl (C=O) groups is 2. The maximum Gasteiger partial charge on any atom is 0.416 e. The number of fused-ring (bicyclic) bond motifs is 1. The molecule has 10 heteroatoms. The van der Waals surface area contributed by atoms with Gasteiger partial charge in [0.2, 0.25) is 0 Å². The van der Waals surface area contributed by atoms with E-state index in [2.05, 4.69) is 22.0 Å². The van der Waals surface area contributed by atoms with Gasteiger partial charge >= 0.3 is 12.3 Å². The molecule has 0 atom stereocenters. The van der Waals surface area contributed by atoms with Crippen LogP contribution in [-0.4, -0.2) is 76.6 Å². The topological polar surface area (TPSA) is 68.9 Å². The summed E-state index contributed by atoms with van der Waals surface area (Å²) in [5.41, 5.74) is 2.32. The van der Waals surface area contributed by atoms with Crippen molar-refractivity contribution in [3.8, 4) is 0 Å². The minimum Gasteiger partial charge on any atom is -0.444 e. The number of carbonyl (C=O) groups excluding carboxylic acids is 2. The smallest absolute Gasteiger partial charge is 0.416 e. The number of aromatic nitrogens is 1. The average molecular weight is 571 g/mol. The molecule has 2 amide bonds. The Morgan fingerprint density at radius 1 is 0.878 bits per heavy atom. The van der Waals surface area contributed by atoms with Gasteiger partial charge in [0.15, 0.2) is 0 Å². The second-order valence-corrected chi connectivity index (χ2v) is 12.0. The van der Waals surface area contributed by atoms with Gasteiger partial charge in [-0.3, -0.25) is 9.69 Å². The number of alkyl halides is 3. The highest BCUT2D eigenvalue weighted by Gasteiger charge is 2.31. The van der Waals surface area contributed by atoms with Crippen LogP contribution >= 0.6 is 0 Å². The minimum absolute atomic E-state index is 0.0531. The summed E-state index contributed by atoms with van der Waals surface area (Å²) in [5, 5.41) is 0.976. The number of halogens is 3. The summed E-state index contributed by atoms with van der Waals surface area (Å²) in [5.74, 6) is 0.279. The largest absolute Gasteiger partial charge is 0.444 e.